The molecule has 0 atom stereocenters. The number of amides is 1. The number of hydrogen-bond acceptors (Lipinski definition) is 3. The molecule has 3 rings (SSSR count). The van der Waals surface area contributed by atoms with Crippen LogP contribution in [0.5, 0.6) is 5.88 Å². The van der Waals surface area contributed by atoms with Gasteiger partial charge in [0.1, 0.15) is 0 Å². The Bertz CT molecular complexity index is 911. The topological polar surface area (TPSA) is 51.2 Å². The molecule has 0 saturated carbocycles. The Kier molecular flexibility index (Phi) is 5.40. The van der Waals surface area contributed by atoms with Crippen molar-refractivity contribution in [2.75, 3.05) is 11.9 Å². The first-order valence-corrected chi connectivity index (χ1v) is 8.04. The lowest BCUT2D eigenvalue weighted by molar-refractivity contribution is -0.154. The molecule has 0 aliphatic heterocycles. The van der Waals surface area contributed by atoms with Crippen molar-refractivity contribution in [3.63, 3.8) is 0 Å². The van der Waals surface area contributed by atoms with Gasteiger partial charge in [-0.2, -0.15) is 13.2 Å². The van der Waals surface area contributed by atoms with Gasteiger partial charge in [-0.1, -0.05) is 48.5 Å². The van der Waals surface area contributed by atoms with Crippen LogP contribution in [-0.2, 0) is 0 Å². The number of pyridine rings is 1. The third-order valence-electron chi connectivity index (χ3n) is 3.64. The second kappa shape index (κ2) is 7.90. The Morgan fingerprint density at radius 1 is 0.963 bits per heavy atom. The summed E-state index contributed by atoms with van der Waals surface area (Å²) in [5.74, 6) is -0.623. The number of nitrogens with one attached hydrogen (secondary N) is 1. The van der Waals surface area contributed by atoms with Crippen molar-refractivity contribution < 1.29 is 22.7 Å². The SMILES string of the molecule is O=C(Nc1ccccc1-c1ccccc1)c1ccc(OCC(F)(F)F)nc1. The van der Waals surface area contributed by atoms with E-state index in [1.165, 1.54) is 18.3 Å². The third-order valence-corrected chi connectivity index (χ3v) is 3.64. The van der Waals surface area contributed by atoms with E-state index in [1.54, 1.807) is 12.1 Å². The maximum Gasteiger partial charge on any atom is 0.422 e. The van der Waals surface area contributed by atoms with Gasteiger partial charge in [0.15, 0.2) is 6.61 Å². The lowest BCUT2D eigenvalue weighted by Crippen LogP contribution is -2.19. The number of halogens is 3. The summed E-state index contributed by atoms with van der Waals surface area (Å²) in [6.45, 7) is -1.43. The van der Waals surface area contributed by atoms with Crippen molar-refractivity contribution in [2.45, 2.75) is 6.18 Å². The van der Waals surface area contributed by atoms with Gasteiger partial charge in [0.05, 0.1) is 5.56 Å². The van der Waals surface area contributed by atoms with E-state index >= 15 is 0 Å². The standard InChI is InChI=1S/C20H15F3N2O2/c21-20(22,23)13-27-18-11-10-15(12-24-18)19(26)25-17-9-5-4-8-16(17)14-6-2-1-3-7-14/h1-12H,13H2,(H,25,26). The summed E-state index contributed by atoms with van der Waals surface area (Å²) in [5.41, 5.74) is 2.62. The van der Waals surface area contributed by atoms with Crippen molar-refractivity contribution in [3.05, 3.63) is 78.5 Å². The normalized spacial score (nSPS) is 11.1. The minimum absolute atomic E-state index is 0.200. The summed E-state index contributed by atoms with van der Waals surface area (Å²) in [4.78, 5) is 16.2. The Balaban J connectivity index is 1.73. The molecule has 0 saturated heterocycles. The van der Waals surface area contributed by atoms with Crippen LogP contribution < -0.4 is 10.1 Å². The number of aromatic nitrogens is 1. The van der Waals surface area contributed by atoms with E-state index in [4.69, 9.17) is 0 Å². The monoisotopic (exact) mass is 372 g/mol. The molecule has 0 bridgehead atoms. The van der Waals surface area contributed by atoms with Gasteiger partial charge in [-0.15, -0.1) is 0 Å². The Morgan fingerprint density at radius 2 is 1.67 bits per heavy atom. The van der Waals surface area contributed by atoms with E-state index in [1.807, 2.05) is 42.5 Å². The molecule has 1 N–H and O–H groups in total. The number of benzene rings is 2. The van der Waals surface area contributed by atoms with E-state index in [2.05, 4.69) is 15.0 Å². The van der Waals surface area contributed by atoms with Gasteiger partial charge in [-0.25, -0.2) is 4.98 Å². The quantitative estimate of drug-likeness (QED) is 0.690. The fraction of sp³-hybridized carbons (Fsp3) is 0.100. The molecule has 1 amide bonds. The maximum atomic E-state index is 12.5. The van der Waals surface area contributed by atoms with E-state index in [-0.39, 0.29) is 11.4 Å². The predicted molar refractivity (Wildman–Crippen MR) is 95.6 cm³/mol. The predicted octanol–water partition coefficient (Wildman–Crippen LogP) is 4.94. The largest absolute Gasteiger partial charge is 0.468 e. The van der Waals surface area contributed by atoms with Crippen molar-refractivity contribution in [2.24, 2.45) is 0 Å². The summed E-state index contributed by atoms with van der Waals surface area (Å²) < 4.78 is 41.0. The first kappa shape index (κ1) is 18.4. The second-order valence-electron chi connectivity index (χ2n) is 5.65. The molecule has 0 aliphatic rings. The van der Waals surface area contributed by atoms with Crippen LogP contribution in [0.1, 0.15) is 10.4 Å². The van der Waals surface area contributed by atoms with Gasteiger partial charge in [-0.3, -0.25) is 4.79 Å². The van der Waals surface area contributed by atoms with Gasteiger partial charge in [0.2, 0.25) is 5.88 Å². The molecule has 1 heterocycles. The van der Waals surface area contributed by atoms with E-state index in [0.717, 1.165) is 11.1 Å². The summed E-state index contributed by atoms with van der Waals surface area (Å²) in [6.07, 6.45) is -3.27. The summed E-state index contributed by atoms with van der Waals surface area (Å²) in [5, 5.41) is 2.80. The number of carbonyl (C=O) groups is 1. The molecule has 138 valence electrons. The highest BCUT2D eigenvalue weighted by molar-refractivity contribution is 6.06. The van der Waals surface area contributed by atoms with E-state index < -0.39 is 18.7 Å². The molecular formula is C20H15F3N2O2. The number of anilines is 1. The first-order chi connectivity index (χ1) is 12.9. The molecule has 3 aromatic rings. The van der Waals surface area contributed by atoms with Crippen LogP contribution in [0.2, 0.25) is 0 Å². The molecule has 27 heavy (non-hydrogen) atoms. The molecule has 0 unspecified atom stereocenters. The highest BCUT2D eigenvalue weighted by atomic mass is 19.4. The molecule has 7 heteroatoms. The first-order valence-electron chi connectivity index (χ1n) is 8.04. The van der Waals surface area contributed by atoms with E-state index in [9.17, 15) is 18.0 Å². The zero-order valence-corrected chi connectivity index (χ0v) is 14.0. The highest BCUT2D eigenvalue weighted by Crippen LogP contribution is 2.28. The summed E-state index contributed by atoms with van der Waals surface area (Å²) in [7, 11) is 0. The van der Waals surface area contributed by atoms with Crippen LogP contribution in [0, 0.1) is 0 Å². The number of carbonyl (C=O) groups excluding carboxylic acids is 1. The molecule has 0 fully saturated rings. The summed E-state index contributed by atoms with van der Waals surface area (Å²) in [6, 6.07) is 19.5. The maximum absolute atomic E-state index is 12.5. The van der Waals surface area contributed by atoms with Crippen LogP contribution in [0.25, 0.3) is 11.1 Å². The second-order valence-corrected chi connectivity index (χ2v) is 5.65. The van der Waals surface area contributed by atoms with Crippen LogP contribution in [0.15, 0.2) is 72.9 Å². The number of ether oxygens (including phenoxy) is 1. The van der Waals surface area contributed by atoms with Gasteiger partial charge in [-0.05, 0) is 17.7 Å². The summed E-state index contributed by atoms with van der Waals surface area (Å²) >= 11 is 0. The van der Waals surface area contributed by atoms with Gasteiger partial charge in [0.25, 0.3) is 5.91 Å². The van der Waals surface area contributed by atoms with Crippen LogP contribution in [-0.4, -0.2) is 23.7 Å². The highest BCUT2D eigenvalue weighted by Gasteiger charge is 2.28. The fourth-order valence-corrected chi connectivity index (χ4v) is 2.41. The minimum atomic E-state index is -4.45. The van der Waals surface area contributed by atoms with Crippen molar-refractivity contribution >= 4 is 11.6 Å². The third kappa shape index (κ3) is 5.07. The number of rotatable bonds is 5. The smallest absolute Gasteiger partial charge is 0.422 e. The van der Waals surface area contributed by atoms with Crippen molar-refractivity contribution in [1.82, 2.24) is 4.98 Å². The molecule has 1 aromatic heterocycles. The minimum Gasteiger partial charge on any atom is -0.468 e. The molecule has 0 radical (unpaired) electrons. The van der Waals surface area contributed by atoms with Crippen LogP contribution in [0.4, 0.5) is 18.9 Å². The van der Waals surface area contributed by atoms with Crippen molar-refractivity contribution in [3.8, 4) is 17.0 Å². The average Bonchev–Trinajstić information content (AvgIpc) is 2.67. The number of hydrogen-bond donors (Lipinski definition) is 1. The van der Waals surface area contributed by atoms with Gasteiger partial charge in [0, 0.05) is 23.5 Å². The van der Waals surface area contributed by atoms with Crippen molar-refractivity contribution in [1.29, 1.82) is 0 Å². The zero-order chi connectivity index (χ0) is 19.3. The van der Waals surface area contributed by atoms with Gasteiger partial charge >= 0.3 is 6.18 Å². The van der Waals surface area contributed by atoms with Gasteiger partial charge < -0.3 is 10.1 Å². The van der Waals surface area contributed by atoms with Crippen LogP contribution in [0.3, 0.4) is 0 Å². The number of alkyl halides is 3. The molecule has 4 nitrogen and oxygen atoms in total. The fourth-order valence-electron chi connectivity index (χ4n) is 2.41. The Labute approximate surface area is 153 Å². The van der Waals surface area contributed by atoms with Crippen LogP contribution >= 0.6 is 0 Å². The Hall–Kier alpha value is -3.35. The lowest BCUT2D eigenvalue weighted by atomic mass is 10.0. The Morgan fingerprint density at radius 3 is 2.33 bits per heavy atom. The number of nitrogens with zero attached hydrogens (tertiary/aromatic N) is 1. The molecule has 0 aliphatic carbocycles. The lowest BCUT2D eigenvalue weighted by Gasteiger charge is -2.12. The average molecular weight is 372 g/mol. The number of para-hydroxylation sites is 1. The zero-order valence-electron chi connectivity index (χ0n) is 14.0. The molecular weight excluding hydrogens is 357 g/mol. The molecule has 2 aromatic carbocycles. The van der Waals surface area contributed by atoms with E-state index in [0.29, 0.717) is 5.69 Å². The molecule has 0 spiro atoms.